The van der Waals surface area contributed by atoms with E-state index in [1.54, 1.807) is 62.6 Å². The lowest BCUT2D eigenvalue weighted by Crippen LogP contribution is -2.15. The number of aryl methyl sites for hydroxylation is 2. The van der Waals surface area contributed by atoms with E-state index in [0.717, 1.165) is 24.1 Å². The molecule has 0 aliphatic heterocycles. The minimum Gasteiger partial charge on any atom is -0.505 e. The van der Waals surface area contributed by atoms with Crippen LogP contribution in [0.15, 0.2) is 88.7 Å². The van der Waals surface area contributed by atoms with E-state index in [1.807, 2.05) is 6.07 Å². The summed E-state index contributed by atoms with van der Waals surface area (Å²) in [6.45, 7) is 2.17. The number of methoxy groups -OCH3 is 1. The molecule has 12 nitrogen and oxygen atoms in total. The Morgan fingerprint density at radius 2 is 1.57 bits per heavy atom. The number of fused-ring (bicyclic) bond motifs is 2. The Morgan fingerprint density at radius 3 is 2.24 bits per heavy atom. The second kappa shape index (κ2) is 12.9. The molecule has 5 aromatic rings. The van der Waals surface area contributed by atoms with Crippen molar-refractivity contribution in [3.05, 3.63) is 95.6 Å². The molecule has 0 saturated heterocycles. The maximum absolute atomic E-state index is 13.0. The molecule has 0 aliphatic rings. The lowest BCUT2D eigenvalue weighted by Gasteiger charge is -2.19. The molecule has 0 aromatic heterocycles. The summed E-state index contributed by atoms with van der Waals surface area (Å²) in [5.41, 5.74) is 7.13. The molecule has 46 heavy (non-hydrogen) atoms. The highest BCUT2D eigenvalue weighted by molar-refractivity contribution is 7.86. The third-order valence-electron chi connectivity index (χ3n) is 7.39. The molecule has 0 aliphatic carbocycles. The van der Waals surface area contributed by atoms with Gasteiger partial charge < -0.3 is 15.2 Å². The highest BCUT2D eigenvalue weighted by Crippen LogP contribution is 2.42. The Morgan fingerprint density at radius 1 is 0.826 bits per heavy atom. The van der Waals surface area contributed by atoms with Crippen LogP contribution in [0.4, 0.5) is 17.1 Å². The van der Waals surface area contributed by atoms with Gasteiger partial charge in [0.2, 0.25) is 0 Å². The number of carbonyl (C=O) groups excluding carboxylic acids is 1. The molecule has 0 fully saturated rings. The number of phenols is 1. The third kappa shape index (κ3) is 6.90. The first-order valence-corrected chi connectivity index (χ1v) is 16.8. The smallest absolute Gasteiger partial charge is 0.297 e. The van der Waals surface area contributed by atoms with Crippen molar-refractivity contribution >= 4 is 64.8 Å². The number of aromatic hydroxyl groups is 1. The molecule has 1 amide bonds. The maximum Gasteiger partial charge on any atom is 0.297 e. The molecular weight excluding hydrogens is 634 g/mol. The second-order valence-corrected chi connectivity index (χ2v) is 13.4. The monoisotopic (exact) mass is 665 g/mol. The highest BCUT2D eigenvalue weighted by atomic mass is 32.2. The van der Waals surface area contributed by atoms with E-state index in [4.69, 9.17) is 4.74 Å². The van der Waals surface area contributed by atoms with Crippen molar-refractivity contribution in [3.8, 4) is 5.75 Å². The van der Waals surface area contributed by atoms with Gasteiger partial charge >= 0.3 is 0 Å². The van der Waals surface area contributed by atoms with E-state index in [-0.39, 0.29) is 43.7 Å². The van der Waals surface area contributed by atoms with E-state index < -0.39 is 36.8 Å². The molecule has 0 radical (unpaired) electrons. The number of anilines is 3. The minimum absolute atomic E-state index is 0.0136. The van der Waals surface area contributed by atoms with Crippen LogP contribution in [0.1, 0.15) is 27.9 Å². The van der Waals surface area contributed by atoms with Crippen LogP contribution in [-0.2, 0) is 31.4 Å². The van der Waals surface area contributed by atoms with Gasteiger partial charge in [0.05, 0.1) is 22.0 Å². The summed E-state index contributed by atoms with van der Waals surface area (Å²) < 4.78 is 74.3. The van der Waals surface area contributed by atoms with Crippen molar-refractivity contribution in [2.75, 3.05) is 29.9 Å². The van der Waals surface area contributed by atoms with Crippen LogP contribution in [0.3, 0.4) is 0 Å². The van der Waals surface area contributed by atoms with Gasteiger partial charge in [0.25, 0.3) is 26.1 Å². The molecule has 240 valence electrons. The van der Waals surface area contributed by atoms with Crippen LogP contribution in [0.5, 0.6) is 5.75 Å². The van der Waals surface area contributed by atoms with E-state index >= 15 is 0 Å². The van der Waals surface area contributed by atoms with Gasteiger partial charge in [0.1, 0.15) is 4.90 Å². The Hall–Kier alpha value is -4.73. The molecule has 0 saturated carbocycles. The van der Waals surface area contributed by atoms with E-state index in [9.17, 15) is 35.8 Å². The molecule has 0 atom stereocenters. The van der Waals surface area contributed by atoms with Gasteiger partial charge in [0.15, 0.2) is 5.75 Å². The Bertz CT molecular complexity index is 2190. The zero-order chi connectivity index (χ0) is 33.2. The lowest BCUT2D eigenvalue weighted by molar-refractivity contribution is 0.102. The SMILES string of the molecule is COCCCc1ccc2c(S(=O)(=O)O)c(NNc3c(C)cc4cc(S(=O)(=O)O)cc(NC(=O)c5ccccc5)c4c3O)ccc2c1. The number of carbonyl (C=O) groups is 1. The molecule has 14 heteroatoms. The van der Waals surface area contributed by atoms with Gasteiger partial charge in [-0.1, -0.05) is 42.5 Å². The number of ether oxygens (including phenoxy) is 1. The summed E-state index contributed by atoms with van der Waals surface area (Å²) in [5, 5.41) is 15.1. The molecule has 5 rings (SSSR count). The number of hydrazine groups is 1. The van der Waals surface area contributed by atoms with Crippen molar-refractivity contribution in [1.29, 1.82) is 0 Å². The Labute approximate surface area is 265 Å². The van der Waals surface area contributed by atoms with Crippen molar-refractivity contribution in [2.24, 2.45) is 0 Å². The van der Waals surface area contributed by atoms with Gasteiger partial charge in [-0.15, -0.1) is 0 Å². The molecule has 0 spiro atoms. The van der Waals surface area contributed by atoms with Gasteiger partial charge in [0, 0.05) is 30.1 Å². The van der Waals surface area contributed by atoms with Crippen molar-refractivity contribution in [3.63, 3.8) is 0 Å². The summed E-state index contributed by atoms with van der Waals surface area (Å²) in [5.74, 6) is -1.01. The van der Waals surface area contributed by atoms with Crippen LogP contribution < -0.4 is 16.2 Å². The summed E-state index contributed by atoms with van der Waals surface area (Å²) in [4.78, 5) is 12.1. The summed E-state index contributed by atoms with van der Waals surface area (Å²) >= 11 is 0. The zero-order valence-corrected chi connectivity index (χ0v) is 26.4. The molecular formula is C32H31N3O9S2. The van der Waals surface area contributed by atoms with Crippen molar-refractivity contribution in [1.82, 2.24) is 0 Å². The first kappa shape index (κ1) is 32.7. The maximum atomic E-state index is 13.0. The number of amides is 1. The van der Waals surface area contributed by atoms with E-state index in [0.29, 0.717) is 24.0 Å². The van der Waals surface area contributed by atoms with Crippen LogP contribution in [0.25, 0.3) is 21.5 Å². The third-order valence-corrected chi connectivity index (χ3v) is 9.18. The fraction of sp³-hybridized carbons (Fsp3) is 0.156. The van der Waals surface area contributed by atoms with E-state index in [1.165, 1.54) is 12.1 Å². The highest BCUT2D eigenvalue weighted by Gasteiger charge is 2.23. The number of hydrogen-bond donors (Lipinski definition) is 6. The number of nitrogens with one attached hydrogen (secondary N) is 3. The van der Waals surface area contributed by atoms with Gasteiger partial charge in [-0.3, -0.25) is 24.8 Å². The molecule has 0 heterocycles. The predicted molar refractivity (Wildman–Crippen MR) is 176 cm³/mol. The zero-order valence-electron chi connectivity index (χ0n) is 24.7. The number of benzene rings is 5. The fourth-order valence-corrected chi connectivity index (χ4v) is 6.66. The fourth-order valence-electron chi connectivity index (χ4n) is 5.25. The molecule has 0 bridgehead atoms. The summed E-state index contributed by atoms with van der Waals surface area (Å²) in [6.07, 6.45) is 1.49. The number of rotatable bonds is 11. The van der Waals surface area contributed by atoms with Crippen LogP contribution in [0, 0.1) is 6.92 Å². The van der Waals surface area contributed by atoms with E-state index in [2.05, 4.69) is 16.2 Å². The molecule has 5 aromatic carbocycles. The largest absolute Gasteiger partial charge is 0.505 e. The average Bonchev–Trinajstić information content (AvgIpc) is 2.99. The quantitative estimate of drug-likeness (QED) is 0.0434. The second-order valence-electron chi connectivity index (χ2n) is 10.6. The van der Waals surface area contributed by atoms with Gasteiger partial charge in [-0.05, 0) is 78.1 Å². The molecule has 0 unspecified atom stereocenters. The van der Waals surface area contributed by atoms with Gasteiger partial charge in [-0.25, -0.2) is 0 Å². The minimum atomic E-state index is -4.73. The predicted octanol–water partition coefficient (Wildman–Crippen LogP) is 5.77. The average molecular weight is 666 g/mol. The van der Waals surface area contributed by atoms with Crippen LogP contribution in [0.2, 0.25) is 0 Å². The molecule has 6 N–H and O–H groups in total. The number of phenolic OH excluding ortho intramolecular Hbond substituents is 1. The summed E-state index contributed by atoms with van der Waals surface area (Å²) in [6, 6.07) is 20.2. The topological polar surface area (TPSA) is 191 Å². The normalized spacial score (nSPS) is 11.9. The summed E-state index contributed by atoms with van der Waals surface area (Å²) in [7, 11) is -7.81. The first-order valence-electron chi connectivity index (χ1n) is 14.0. The Balaban J connectivity index is 1.56. The number of hydrogen-bond acceptors (Lipinski definition) is 9. The van der Waals surface area contributed by atoms with Crippen molar-refractivity contribution < 1.29 is 40.6 Å². The van der Waals surface area contributed by atoms with Gasteiger partial charge in [-0.2, -0.15) is 16.8 Å². The van der Waals surface area contributed by atoms with Crippen molar-refractivity contribution in [2.45, 2.75) is 29.6 Å². The Kier molecular flexibility index (Phi) is 9.19. The standard InChI is InChI=1S/C32H31N3O9S2/c1-19-15-23-17-24(45(38,39)40)18-27(33-32(37)21-8-4-3-5-9-21)28(23)30(36)29(19)35-34-26-13-11-22-16-20(7-6-14-44-2)10-12-25(22)31(26)46(41,42)43/h3-5,8-13,15-18,34-36H,6-7,14H2,1-2H3,(H,33,37)(H,38,39,40)(H,41,42,43). The van der Waals surface area contributed by atoms with Crippen LogP contribution in [-0.4, -0.2) is 50.7 Å². The first-order chi connectivity index (χ1) is 21.8. The lowest BCUT2D eigenvalue weighted by atomic mass is 10.0. The van der Waals surface area contributed by atoms with Crippen LogP contribution >= 0.6 is 0 Å².